The molecule has 0 aliphatic rings. The highest BCUT2D eigenvalue weighted by atomic mass is 16.5. The van der Waals surface area contributed by atoms with Crippen LogP contribution in [0.25, 0.3) is 0 Å². The normalized spacial score (nSPS) is 12.0. The summed E-state index contributed by atoms with van der Waals surface area (Å²) in [5.74, 6) is 0.713. The van der Waals surface area contributed by atoms with Crippen LogP contribution in [-0.2, 0) is 13.2 Å². The van der Waals surface area contributed by atoms with E-state index >= 15 is 0 Å². The first-order chi connectivity index (χ1) is 10.7. The average Bonchev–Trinajstić information content (AvgIpc) is 2.56. The molecule has 2 aromatic rings. The van der Waals surface area contributed by atoms with Crippen LogP contribution >= 0.6 is 0 Å². The van der Waals surface area contributed by atoms with Crippen molar-refractivity contribution in [3.8, 4) is 5.75 Å². The molecule has 0 bridgehead atoms. The molecule has 4 nitrogen and oxygen atoms in total. The first-order valence-corrected chi connectivity index (χ1v) is 7.50. The number of aliphatic hydroxyl groups is 2. The Morgan fingerprint density at radius 1 is 1.09 bits per heavy atom. The number of hydrogen-bond donors (Lipinski definition) is 3. The minimum absolute atomic E-state index is 0.0400. The van der Waals surface area contributed by atoms with E-state index in [1.807, 2.05) is 49.4 Å². The Labute approximate surface area is 131 Å². The van der Waals surface area contributed by atoms with Crippen LogP contribution in [-0.4, -0.2) is 16.8 Å². The molecule has 0 amide bonds. The standard InChI is InChI=1S/C18H23NO3/c1-3-22-18-8-7-17(10-16(18)12-21)19-13(2)15-6-4-5-14(9-15)11-20/h4-10,13,19-21H,3,11-12H2,1-2H3. The van der Waals surface area contributed by atoms with E-state index in [1.165, 1.54) is 0 Å². The average molecular weight is 301 g/mol. The molecule has 1 atom stereocenters. The third kappa shape index (κ3) is 4.00. The maximum absolute atomic E-state index is 9.45. The van der Waals surface area contributed by atoms with E-state index in [0.717, 1.165) is 22.4 Å². The number of nitrogens with one attached hydrogen (secondary N) is 1. The lowest BCUT2D eigenvalue weighted by molar-refractivity contribution is 0.267. The Morgan fingerprint density at radius 2 is 1.91 bits per heavy atom. The highest BCUT2D eigenvalue weighted by Crippen LogP contribution is 2.26. The monoisotopic (exact) mass is 301 g/mol. The quantitative estimate of drug-likeness (QED) is 0.734. The van der Waals surface area contributed by atoms with Crippen molar-refractivity contribution in [2.45, 2.75) is 33.1 Å². The molecule has 22 heavy (non-hydrogen) atoms. The van der Waals surface area contributed by atoms with Gasteiger partial charge in [0.2, 0.25) is 0 Å². The van der Waals surface area contributed by atoms with E-state index in [1.54, 1.807) is 0 Å². The van der Waals surface area contributed by atoms with Crippen LogP contribution in [0.4, 0.5) is 5.69 Å². The number of aliphatic hydroxyl groups excluding tert-OH is 2. The summed E-state index contributed by atoms with van der Waals surface area (Å²) in [6.07, 6.45) is 0. The Bertz CT molecular complexity index is 613. The van der Waals surface area contributed by atoms with Gasteiger partial charge in [0.25, 0.3) is 0 Å². The molecule has 0 aliphatic heterocycles. The summed E-state index contributed by atoms with van der Waals surface area (Å²) in [6, 6.07) is 13.7. The van der Waals surface area contributed by atoms with Gasteiger partial charge in [-0.05, 0) is 43.2 Å². The largest absolute Gasteiger partial charge is 0.494 e. The number of ether oxygens (including phenoxy) is 1. The van der Waals surface area contributed by atoms with E-state index in [4.69, 9.17) is 4.74 Å². The topological polar surface area (TPSA) is 61.7 Å². The van der Waals surface area contributed by atoms with Crippen molar-refractivity contribution in [3.63, 3.8) is 0 Å². The molecule has 4 heteroatoms. The molecule has 0 radical (unpaired) electrons. The zero-order valence-corrected chi connectivity index (χ0v) is 13.0. The maximum Gasteiger partial charge on any atom is 0.124 e. The van der Waals surface area contributed by atoms with Gasteiger partial charge in [-0.15, -0.1) is 0 Å². The van der Waals surface area contributed by atoms with E-state index in [-0.39, 0.29) is 19.3 Å². The molecule has 0 spiro atoms. The van der Waals surface area contributed by atoms with Gasteiger partial charge < -0.3 is 20.3 Å². The van der Waals surface area contributed by atoms with Crippen molar-refractivity contribution in [1.29, 1.82) is 0 Å². The van der Waals surface area contributed by atoms with Gasteiger partial charge in [-0.1, -0.05) is 24.3 Å². The molecule has 118 valence electrons. The maximum atomic E-state index is 9.45. The van der Waals surface area contributed by atoms with Gasteiger partial charge in [0.15, 0.2) is 0 Å². The third-order valence-electron chi connectivity index (χ3n) is 3.55. The lowest BCUT2D eigenvalue weighted by Gasteiger charge is -2.18. The van der Waals surface area contributed by atoms with Gasteiger partial charge >= 0.3 is 0 Å². The van der Waals surface area contributed by atoms with Crippen LogP contribution in [0.5, 0.6) is 5.75 Å². The predicted molar refractivity (Wildman–Crippen MR) is 87.9 cm³/mol. The molecule has 0 heterocycles. The third-order valence-corrected chi connectivity index (χ3v) is 3.55. The summed E-state index contributed by atoms with van der Waals surface area (Å²) < 4.78 is 5.49. The van der Waals surface area contributed by atoms with Gasteiger partial charge in [0, 0.05) is 17.3 Å². The fourth-order valence-electron chi connectivity index (χ4n) is 2.38. The smallest absolute Gasteiger partial charge is 0.124 e. The summed E-state index contributed by atoms with van der Waals surface area (Å²) in [4.78, 5) is 0. The summed E-state index contributed by atoms with van der Waals surface area (Å²) >= 11 is 0. The minimum atomic E-state index is -0.0563. The molecule has 2 aromatic carbocycles. The van der Waals surface area contributed by atoms with E-state index in [0.29, 0.717) is 12.4 Å². The summed E-state index contributed by atoms with van der Waals surface area (Å²) in [5.41, 5.74) is 3.69. The molecule has 1 unspecified atom stereocenters. The molecule has 0 aliphatic carbocycles. The fourth-order valence-corrected chi connectivity index (χ4v) is 2.38. The number of anilines is 1. The summed E-state index contributed by atoms with van der Waals surface area (Å²) in [7, 11) is 0. The van der Waals surface area contributed by atoms with Crippen molar-refractivity contribution in [2.75, 3.05) is 11.9 Å². The Hall–Kier alpha value is -2.04. The first-order valence-electron chi connectivity index (χ1n) is 7.50. The molecular formula is C18H23NO3. The Balaban J connectivity index is 2.15. The van der Waals surface area contributed by atoms with E-state index in [2.05, 4.69) is 12.2 Å². The second kappa shape index (κ2) is 7.82. The molecular weight excluding hydrogens is 278 g/mol. The minimum Gasteiger partial charge on any atom is -0.494 e. The zero-order chi connectivity index (χ0) is 15.9. The highest BCUT2D eigenvalue weighted by Gasteiger charge is 2.09. The van der Waals surface area contributed by atoms with E-state index in [9.17, 15) is 10.2 Å². The van der Waals surface area contributed by atoms with Crippen molar-refractivity contribution in [2.24, 2.45) is 0 Å². The van der Waals surface area contributed by atoms with Crippen LogP contribution < -0.4 is 10.1 Å². The predicted octanol–water partition coefficient (Wildman–Crippen LogP) is 3.24. The van der Waals surface area contributed by atoms with E-state index < -0.39 is 0 Å². The van der Waals surface area contributed by atoms with Crippen molar-refractivity contribution in [1.82, 2.24) is 0 Å². The molecule has 0 saturated heterocycles. The summed E-state index contributed by atoms with van der Waals surface area (Å²) in [5, 5.41) is 22.1. The lowest BCUT2D eigenvalue weighted by atomic mass is 10.0. The van der Waals surface area contributed by atoms with Crippen LogP contribution in [0.1, 0.15) is 36.6 Å². The fraction of sp³-hybridized carbons (Fsp3) is 0.333. The zero-order valence-electron chi connectivity index (χ0n) is 13.0. The van der Waals surface area contributed by atoms with Gasteiger partial charge in [0.05, 0.1) is 19.8 Å². The molecule has 0 aromatic heterocycles. The number of rotatable bonds is 7. The lowest BCUT2D eigenvalue weighted by Crippen LogP contribution is -2.08. The van der Waals surface area contributed by atoms with Gasteiger partial charge in [-0.25, -0.2) is 0 Å². The van der Waals surface area contributed by atoms with Gasteiger partial charge in [0.1, 0.15) is 5.75 Å². The SMILES string of the molecule is CCOc1ccc(NC(C)c2cccc(CO)c2)cc1CO. The Morgan fingerprint density at radius 3 is 2.59 bits per heavy atom. The molecule has 2 rings (SSSR count). The van der Waals surface area contributed by atoms with Gasteiger partial charge in [-0.2, -0.15) is 0 Å². The Kier molecular flexibility index (Phi) is 5.81. The molecule has 0 saturated carbocycles. The van der Waals surface area contributed by atoms with Crippen LogP contribution in [0.3, 0.4) is 0 Å². The van der Waals surface area contributed by atoms with Crippen LogP contribution in [0.2, 0.25) is 0 Å². The van der Waals surface area contributed by atoms with Crippen molar-refractivity contribution >= 4 is 5.69 Å². The highest BCUT2D eigenvalue weighted by molar-refractivity contribution is 5.52. The molecule has 3 N–H and O–H groups in total. The van der Waals surface area contributed by atoms with Crippen LogP contribution in [0.15, 0.2) is 42.5 Å². The summed E-state index contributed by atoms with van der Waals surface area (Å²) in [6.45, 7) is 4.54. The van der Waals surface area contributed by atoms with Gasteiger partial charge in [-0.3, -0.25) is 0 Å². The van der Waals surface area contributed by atoms with Crippen LogP contribution in [0, 0.1) is 0 Å². The van der Waals surface area contributed by atoms with Crippen molar-refractivity contribution < 1.29 is 14.9 Å². The molecule has 0 fully saturated rings. The number of benzene rings is 2. The first kappa shape index (κ1) is 16.3. The van der Waals surface area contributed by atoms with Crippen molar-refractivity contribution in [3.05, 3.63) is 59.2 Å². The second-order valence-electron chi connectivity index (χ2n) is 5.18. The second-order valence-corrected chi connectivity index (χ2v) is 5.18. The number of hydrogen-bond acceptors (Lipinski definition) is 4.